The van der Waals surface area contributed by atoms with Crippen molar-refractivity contribution in [2.45, 2.75) is 18.2 Å². The summed E-state index contributed by atoms with van der Waals surface area (Å²) >= 11 is 0. The number of hydrogen-bond acceptors (Lipinski definition) is 3. The van der Waals surface area contributed by atoms with E-state index in [1.54, 1.807) is 6.07 Å². The van der Waals surface area contributed by atoms with E-state index in [0.29, 0.717) is 18.7 Å². The van der Waals surface area contributed by atoms with E-state index in [-0.39, 0.29) is 5.91 Å². The van der Waals surface area contributed by atoms with Gasteiger partial charge in [-0.3, -0.25) is 4.79 Å². The van der Waals surface area contributed by atoms with Crippen molar-refractivity contribution in [2.24, 2.45) is 0 Å². The molecule has 1 aliphatic rings. The first-order chi connectivity index (χ1) is 7.39. The average molecular weight is 243 g/mol. The topological polar surface area (TPSA) is 54.5 Å². The van der Waals surface area contributed by atoms with Crippen LogP contribution in [0.25, 0.3) is 0 Å². The summed E-state index contributed by atoms with van der Waals surface area (Å²) in [5.41, 5.74) is 1.36. The fraction of sp³-hybridized carbons (Fsp3) is 0.300. The van der Waals surface area contributed by atoms with Gasteiger partial charge < -0.3 is 4.90 Å². The lowest BCUT2D eigenvalue weighted by Crippen LogP contribution is -2.25. The van der Waals surface area contributed by atoms with E-state index >= 15 is 0 Å². The lowest BCUT2D eigenvalue weighted by molar-refractivity contribution is -0.116. The number of halogens is 1. The third kappa shape index (κ3) is 1.80. The van der Waals surface area contributed by atoms with E-state index in [4.69, 9.17) is 0 Å². The number of rotatable bonds is 1. The lowest BCUT2D eigenvalue weighted by atomic mass is 10.2. The SMILES string of the molecule is CC(=O)N1CCc2ccc(S(=O)(=O)F)cc21. The number of amides is 1. The van der Waals surface area contributed by atoms with Crippen LogP contribution in [0, 0.1) is 0 Å². The lowest BCUT2D eigenvalue weighted by Gasteiger charge is -2.14. The molecule has 1 aromatic carbocycles. The maximum atomic E-state index is 12.8. The van der Waals surface area contributed by atoms with Crippen molar-refractivity contribution in [3.63, 3.8) is 0 Å². The Bertz CT molecular complexity index is 553. The molecule has 0 aromatic heterocycles. The number of anilines is 1. The molecule has 1 aromatic rings. The maximum absolute atomic E-state index is 12.8. The Balaban J connectivity index is 2.54. The minimum absolute atomic E-state index is 0.174. The molecule has 0 spiro atoms. The highest BCUT2D eigenvalue weighted by atomic mass is 32.3. The van der Waals surface area contributed by atoms with E-state index in [1.165, 1.54) is 24.0 Å². The Morgan fingerprint density at radius 1 is 1.44 bits per heavy atom. The predicted octanol–water partition coefficient (Wildman–Crippen LogP) is 1.25. The van der Waals surface area contributed by atoms with Crippen molar-refractivity contribution in [1.82, 2.24) is 0 Å². The summed E-state index contributed by atoms with van der Waals surface area (Å²) < 4.78 is 34.3. The summed E-state index contributed by atoms with van der Waals surface area (Å²) in [7, 11) is -4.71. The molecular formula is C10H10FNO3S. The molecule has 1 aliphatic heterocycles. The Kier molecular flexibility index (Phi) is 2.46. The van der Waals surface area contributed by atoms with Crippen LogP contribution >= 0.6 is 0 Å². The number of nitrogens with zero attached hydrogens (tertiary/aromatic N) is 1. The molecule has 0 radical (unpaired) electrons. The molecule has 6 heteroatoms. The Morgan fingerprint density at radius 3 is 2.69 bits per heavy atom. The van der Waals surface area contributed by atoms with Crippen molar-refractivity contribution in [3.05, 3.63) is 23.8 Å². The summed E-state index contributed by atoms with van der Waals surface area (Å²) in [4.78, 5) is 12.3. The molecule has 0 unspecified atom stereocenters. The van der Waals surface area contributed by atoms with Crippen LogP contribution in [0.5, 0.6) is 0 Å². The molecule has 0 fully saturated rings. The van der Waals surface area contributed by atoms with Crippen LogP contribution in [0.4, 0.5) is 9.57 Å². The summed E-state index contributed by atoms with van der Waals surface area (Å²) in [6.07, 6.45) is 0.668. The fourth-order valence-electron chi connectivity index (χ4n) is 1.84. The van der Waals surface area contributed by atoms with Gasteiger partial charge in [0, 0.05) is 19.2 Å². The second-order valence-electron chi connectivity index (χ2n) is 3.65. The van der Waals surface area contributed by atoms with Gasteiger partial charge >= 0.3 is 10.2 Å². The first kappa shape index (κ1) is 11.1. The molecule has 0 atom stereocenters. The number of fused-ring (bicyclic) bond motifs is 1. The van der Waals surface area contributed by atoms with Gasteiger partial charge in [-0.15, -0.1) is 3.89 Å². The second-order valence-corrected chi connectivity index (χ2v) is 5.00. The van der Waals surface area contributed by atoms with Gasteiger partial charge in [0.1, 0.15) is 4.90 Å². The van der Waals surface area contributed by atoms with Crippen LogP contribution < -0.4 is 4.90 Å². The van der Waals surface area contributed by atoms with Crippen molar-refractivity contribution in [1.29, 1.82) is 0 Å². The van der Waals surface area contributed by atoms with Gasteiger partial charge in [0.2, 0.25) is 5.91 Å². The van der Waals surface area contributed by atoms with Crippen LogP contribution in [0.15, 0.2) is 23.1 Å². The molecule has 0 N–H and O–H groups in total. The standard InChI is InChI=1S/C10H10FNO3S/c1-7(13)12-5-4-8-2-3-9(6-10(8)12)16(11,14)15/h2-3,6H,4-5H2,1H3. The zero-order valence-electron chi connectivity index (χ0n) is 8.60. The molecule has 0 saturated heterocycles. The minimum atomic E-state index is -4.71. The molecular weight excluding hydrogens is 233 g/mol. The van der Waals surface area contributed by atoms with Crippen molar-refractivity contribution in [2.75, 3.05) is 11.4 Å². The van der Waals surface area contributed by atoms with Gasteiger partial charge in [0.15, 0.2) is 0 Å². The third-order valence-electron chi connectivity index (χ3n) is 2.61. The molecule has 0 saturated carbocycles. The zero-order chi connectivity index (χ0) is 11.9. The van der Waals surface area contributed by atoms with Crippen LogP contribution in [0.3, 0.4) is 0 Å². The number of carbonyl (C=O) groups is 1. The number of hydrogen-bond donors (Lipinski definition) is 0. The van der Waals surface area contributed by atoms with E-state index in [1.807, 2.05) is 0 Å². The summed E-state index contributed by atoms with van der Waals surface area (Å²) in [6, 6.07) is 3.97. The highest BCUT2D eigenvalue weighted by molar-refractivity contribution is 7.86. The molecule has 4 nitrogen and oxygen atoms in total. The van der Waals surface area contributed by atoms with Gasteiger partial charge in [-0.1, -0.05) is 6.07 Å². The van der Waals surface area contributed by atoms with E-state index < -0.39 is 15.1 Å². The first-order valence-corrected chi connectivity index (χ1v) is 6.13. The first-order valence-electron chi connectivity index (χ1n) is 4.75. The fourth-order valence-corrected chi connectivity index (χ4v) is 2.32. The Hall–Kier alpha value is -1.43. The second kappa shape index (κ2) is 3.55. The van der Waals surface area contributed by atoms with Gasteiger partial charge in [0.05, 0.1) is 0 Å². The smallest absolute Gasteiger partial charge is 0.312 e. The predicted molar refractivity (Wildman–Crippen MR) is 56.5 cm³/mol. The van der Waals surface area contributed by atoms with Gasteiger partial charge in [0.25, 0.3) is 0 Å². The molecule has 0 aliphatic carbocycles. The van der Waals surface area contributed by atoms with Gasteiger partial charge in [-0.05, 0) is 24.1 Å². The Morgan fingerprint density at radius 2 is 2.12 bits per heavy atom. The highest BCUT2D eigenvalue weighted by Gasteiger charge is 2.24. The van der Waals surface area contributed by atoms with Crippen molar-refractivity contribution >= 4 is 21.8 Å². The van der Waals surface area contributed by atoms with Crippen LogP contribution in [0.2, 0.25) is 0 Å². The van der Waals surface area contributed by atoms with E-state index in [0.717, 1.165) is 5.56 Å². The quantitative estimate of drug-likeness (QED) is 0.698. The van der Waals surface area contributed by atoms with Crippen LogP contribution in [-0.2, 0) is 21.4 Å². The molecule has 16 heavy (non-hydrogen) atoms. The largest absolute Gasteiger partial charge is 0.332 e. The average Bonchev–Trinajstić information content (AvgIpc) is 2.58. The number of carbonyl (C=O) groups excluding carboxylic acids is 1. The normalized spacial score (nSPS) is 15.0. The van der Waals surface area contributed by atoms with Crippen LogP contribution in [-0.4, -0.2) is 20.9 Å². The van der Waals surface area contributed by atoms with Gasteiger partial charge in [-0.2, -0.15) is 8.42 Å². The van der Waals surface area contributed by atoms with Crippen LogP contribution in [0.1, 0.15) is 12.5 Å². The molecule has 1 heterocycles. The van der Waals surface area contributed by atoms with E-state index in [9.17, 15) is 17.1 Å². The molecule has 1 amide bonds. The summed E-state index contributed by atoms with van der Waals surface area (Å²) in [5, 5.41) is 0. The summed E-state index contributed by atoms with van der Waals surface area (Å²) in [6.45, 7) is 1.91. The number of benzene rings is 1. The third-order valence-corrected chi connectivity index (χ3v) is 3.43. The monoisotopic (exact) mass is 243 g/mol. The van der Waals surface area contributed by atoms with Crippen molar-refractivity contribution in [3.8, 4) is 0 Å². The van der Waals surface area contributed by atoms with Gasteiger partial charge in [-0.25, -0.2) is 0 Å². The molecule has 2 rings (SSSR count). The highest BCUT2D eigenvalue weighted by Crippen LogP contribution is 2.30. The van der Waals surface area contributed by atoms with E-state index in [2.05, 4.69) is 0 Å². The zero-order valence-corrected chi connectivity index (χ0v) is 9.42. The summed E-state index contributed by atoms with van der Waals surface area (Å²) in [5.74, 6) is -0.174. The maximum Gasteiger partial charge on any atom is 0.332 e. The molecule has 0 bridgehead atoms. The Labute approximate surface area is 92.9 Å². The molecule has 86 valence electrons. The minimum Gasteiger partial charge on any atom is -0.312 e. The van der Waals surface area contributed by atoms with Crippen molar-refractivity contribution < 1.29 is 17.1 Å².